The number of phenols is 1. The number of nitrogen functional groups attached to an aromatic ring is 1. The lowest BCUT2D eigenvalue weighted by Gasteiger charge is -2.18. The molecule has 1 aromatic carbocycles. The number of nitrogens with two attached hydrogens (primary N) is 1. The number of hydrogen-bond acceptors (Lipinski definition) is 4. The maximum absolute atomic E-state index is 12.3. The van der Waals surface area contributed by atoms with Gasteiger partial charge in [-0.3, -0.25) is 4.79 Å². The van der Waals surface area contributed by atoms with Crippen molar-refractivity contribution in [3.05, 3.63) is 23.8 Å². The summed E-state index contributed by atoms with van der Waals surface area (Å²) in [7, 11) is 0. The molecule has 3 atom stereocenters. The molecule has 3 rings (SSSR count). The molecule has 102 valence electrons. The van der Waals surface area contributed by atoms with Crippen molar-refractivity contribution in [1.82, 2.24) is 4.90 Å². The number of hydrogen-bond donors (Lipinski definition) is 3. The van der Waals surface area contributed by atoms with Gasteiger partial charge in [-0.15, -0.1) is 0 Å². The number of carbonyl (C=O) groups excluding carboxylic acids is 1. The smallest absolute Gasteiger partial charge is 0.254 e. The van der Waals surface area contributed by atoms with E-state index in [2.05, 4.69) is 0 Å². The summed E-state index contributed by atoms with van der Waals surface area (Å²) >= 11 is 0. The summed E-state index contributed by atoms with van der Waals surface area (Å²) in [5, 5.41) is 19.4. The number of nitrogens with zero attached hydrogens (tertiary/aromatic N) is 1. The van der Waals surface area contributed by atoms with Crippen LogP contribution in [0.5, 0.6) is 5.75 Å². The van der Waals surface area contributed by atoms with Gasteiger partial charge in [-0.05, 0) is 37.0 Å². The molecule has 2 aliphatic rings. The Hall–Kier alpha value is -1.75. The van der Waals surface area contributed by atoms with Crippen LogP contribution >= 0.6 is 0 Å². The highest BCUT2D eigenvalue weighted by atomic mass is 16.3. The molecule has 0 bridgehead atoms. The second-order valence-corrected chi connectivity index (χ2v) is 5.55. The predicted molar refractivity (Wildman–Crippen MR) is 70.6 cm³/mol. The normalized spacial score (nSPS) is 29.5. The van der Waals surface area contributed by atoms with Crippen LogP contribution in [0.2, 0.25) is 0 Å². The maximum Gasteiger partial charge on any atom is 0.254 e. The van der Waals surface area contributed by atoms with Crippen LogP contribution in [-0.2, 0) is 0 Å². The van der Waals surface area contributed by atoms with Crippen LogP contribution in [0.4, 0.5) is 5.69 Å². The Labute approximate surface area is 111 Å². The van der Waals surface area contributed by atoms with Crippen LogP contribution in [0.25, 0.3) is 0 Å². The van der Waals surface area contributed by atoms with Crippen LogP contribution in [0, 0.1) is 11.8 Å². The van der Waals surface area contributed by atoms with Crippen molar-refractivity contribution in [2.45, 2.75) is 18.9 Å². The van der Waals surface area contributed by atoms with Crippen LogP contribution in [0.15, 0.2) is 18.2 Å². The van der Waals surface area contributed by atoms with Crippen LogP contribution in [0.1, 0.15) is 23.2 Å². The van der Waals surface area contributed by atoms with Gasteiger partial charge in [-0.25, -0.2) is 0 Å². The zero-order chi connectivity index (χ0) is 13.6. The lowest BCUT2D eigenvalue weighted by molar-refractivity contribution is 0.0752. The fraction of sp³-hybridized carbons (Fsp3) is 0.500. The minimum absolute atomic E-state index is 0.0646. The van der Waals surface area contributed by atoms with E-state index in [1.807, 2.05) is 0 Å². The topological polar surface area (TPSA) is 86.8 Å². The first-order chi connectivity index (χ1) is 9.06. The number of aliphatic hydroxyl groups is 1. The summed E-state index contributed by atoms with van der Waals surface area (Å²) in [6, 6.07) is 4.57. The number of rotatable bonds is 1. The van der Waals surface area contributed by atoms with E-state index in [0.717, 1.165) is 12.8 Å². The third-order valence-electron chi connectivity index (χ3n) is 4.38. The van der Waals surface area contributed by atoms with Crippen molar-refractivity contribution in [3.8, 4) is 5.75 Å². The van der Waals surface area contributed by atoms with E-state index in [9.17, 15) is 15.0 Å². The SMILES string of the molecule is Nc1ccc(C(=O)N2CC3CCC(O)C3C2)cc1O. The summed E-state index contributed by atoms with van der Waals surface area (Å²) in [4.78, 5) is 14.1. The number of amides is 1. The van der Waals surface area contributed by atoms with E-state index in [0.29, 0.717) is 24.6 Å². The molecule has 0 spiro atoms. The summed E-state index contributed by atoms with van der Waals surface area (Å²) in [6.45, 7) is 1.31. The fourth-order valence-electron chi connectivity index (χ4n) is 3.26. The number of benzene rings is 1. The average molecular weight is 262 g/mol. The molecule has 1 saturated heterocycles. The van der Waals surface area contributed by atoms with Gasteiger partial charge in [0.25, 0.3) is 5.91 Å². The molecule has 5 heteroatoms. The molecule has 1 heterocycles. The van der Waals surface area contributed by atoms with Gasteiger partial charge in [0.2, 0.25) is 0 Å². The number of carbonyl (C=O) groups is 1. The zero-order valence-corrected chi connectivity index (χ0v) is 10.6. The van der Waals surface area contributed by atoms with Gasteiger partial charge >= 0.3 is 0 Å². The monoisotopic (exact) mass is 262 g/mol. The maximum atomic E-state index is 12.3. The summed E-state index contributed by atoms with van der Waals surface area (Å²) in [5.74, 6) is 0.467. The van der Waals surface area contributed by atoms with Crippen LogP contribution < -0.4 is 5.73 Å². The predicted octanol–water partition coefficient (Wildman–Crippen LogP) is 0.817. The molecule has 1 aliphatic carbocycles. The van der Waals surface area contributed by atoms with Gasteiger partial charge in [-0.2, -0.15) is 0 Å². The number of anilines is 1. The number of likely N-dealkylation sites (tertiary alicyclic amines) is 1. The Morgan fingerprint density at radius 3 is 2.79 bits per heavy atom. The average Bonchev–Trinajstić information content (AvgIpc) is 2.95. The standard InChI is InChI=1S/C14H18N2O3/c15-11-3-1-8(5-13(11)18)14(19)16-6-9-2-4-12(17)10(9)7-16/h1,3,5,9-10,12,17-18H,2,4,6-7,15H2. The van der Waals surface area contributed by atoms with E-state index in [-0.39, 0.29) is 29.4 Å². The van der Waals surface area contributed by atoms with Crippen molar-refractivity contribution in [1.29, 1.82) is 0 Å². The first-order valence-electron chi connectivity index (χ1n) is 6.62. The first kappa shape index (κ1) is 12.3. The highest BCUT2D eigenvalue weighted by molar-refractivity contribution is 5.95. The van der Waals surface area contributed by atoms with Crippen molar-refractivity contribution < 1.29 is 15.0 Å². The molecule has 2 fully saturated rings. The van der Waals surface area contributed by atoms with Gasteiger partial charge in [0.1, 0.15) is 5.75 Å². The van der Waals surface area contributed by atoms with Gasteiger partial charge < -0.3 is 20.8 Å². The third kappa shape index (κ3) is 2.04. The van der Waals surface area contributed by atoms with E-state index in [1.54, 1.807) is 11.0 Å². The Balaban J connectivity index is 1.76. The van der Waals surface area contributed by atoms with E-state index in [4.69, 9.17) is 5.73 Å². The van der Waals surface area contributed by atoms with Gasteiger partial charge in [0.15, 0.2) is 0 Å². The molecular weight excluding hydrogens is 244 g/mol. The number of fused-ring (bicyclic) bond motifs is 1. The van der Waals surface area contributed by atoms with E-state index < -0.39 is 0 Å². The molecule has 1 aliphatic heterocycles. The molecule has 1 aromatic rings. The lowest BCUT2D eigenvalue weighted by Crippen LogP contribution is -2.31. The third-order valence-corrected chi connectivity index (χ3v) is 4.38. The van der Waals surface area contributed by atoms with Crippen molar-refractivity contribution in [2.75, 3.05) is 18.8 Å². The summed E-state index contributed by atoms with van der Waals surface area (Å²) < 4.78 is 0. The van der Waals surface area contributed by atoms with E-state index in [1.165, 1.54) is 12.1 Å². The minimum Gasteiger partial charge on any atom is -0.506 e. The van der Waals surface area contributed by atoms with Crippen LogP contribution in [-0.4, -0.2) is 40.2 Å². The molecule has 1 amide bonds. The highest BCUT2D eigenvalue weighted by Crippen LogP contribution is 2.38. The van der Waals surface area contributed by atoms with Gasteiger partial charge in [0.05, 0.1) is 11.8 Å². The Morgan fingerprint density at radius 1 is 1.32 bits per heavy atom. The molecule has 0 aromatic heterocycles. The molecule has 1 saturated carbocycles. The highest BCUT2D eigenvalue weighted by Gasteiger charge is 2.43. The second-order valence-electron chi connectivity index (χ2n) is 5.55. The minimum atomic E-state index is -0.275. The molecular formula is C14H18N2O3. The van der Waals surface area contributed by atoms with E-state index >= 15 is 0 Å². The number of aromatic hydroxyl groups is 1. The summed E-state index contributed by atoms with van der Waals surface area (Å²) in [6.07, 6.45) is 1.56. The second kappa shape index (κ2) is 4.42. The van der Waals surface area contributed by atoms with Crippen LogP contribution in [0.3, 0.4) is 0 Å². The largest absolute Gasteiger partial charge is 0.506 e. The molecule has 4 N–H and O–H groups in total. The fourth-order valence-corrected chi connectivity index (χ4v) is 3.26. The van der Waals surface area contributed by atoms with Gasteiger partial charge in [-0.1, -0.05) is 0 Å². The number of phenolic OH excluding ortho intramolecular Hbond substituents is 1. The van der Waals surface area contributed by atoms with Crippen molar-refractivity contribution in [2.24, 2.45) is 11.8 Å². The molecule has 5 nitrogen and oxygen atoms in total. The van der Waals surface area contributed by atoms with Gasteiger partial charge in [0, 0.05) is 24.6 Å². The number of aliphatic hydroxyl groups excluding tert-OH is 1. The van der Waals surface area contributed by atoms with Crippen molar-refractivity contribution in [3.63, 3.8) is 0 Å². The summed E-state index contributed by atoms with van der Waals surface area (Å²) in [5.41, 5.74) is 6.24. The quantitative estimate of drug-likeness (QED) is 0.516. The molecule has 3 unspecified atom stereocenters. The first-order valence-corrected chi connectivity index (χ1v) is 6.62. The Kier molecular flexibility index (Phi) is 2.86. The Bertz CT molecular complexity index is 517. The zero-order valence-electron chi connectivity index (χ0n) is 10.6. The molecule has 0 radical (unpaired) electrons. The van der Waals surface area contributed by atoms with Crippen molar-refractivity contribution >= 4 is 11.6 Å². The lowest BCUT2D eigenvalue weighted by atomic mass is 10.00. The Morgan fingerprint density at radius 2 is 2.11 bits per heavy atom. The molecule has 19 heavy (non-hydrogen) atoms.